The van der Waals surface area contributed by atoms with Crippen LogP contribution >= 0.6 is 0 Å². The summed E-state index contributed by atoms with van der Waals surface area (Å²) < 4.78 is 25.2. The Morgan fingerprint density at radius 3 is 2.73 bits per heavy atom. The number of aromatic nitrogens is 2. The first-order valence-corrected chi connectivity index (χ1v) is 11.2. The highest BCUT2D eigenvalue weighted by molar-refractivity contribution is 7.91. The Hall–Kier alpha value is -1.61. The molecule has 0 aromatic carbocycles. The lowest BCUT2D eigenvalue weighted by atomic mass is 9.93. The van der Waals surface area contributed by atoms with Crippen molar-refractivity contribution in [3.63, 3.8) is 0 Å². The second-order valence-corrected chi connectivity index (χ2v) is 9.56. The van der Waals surface area contributed by atoms with E-state index in [0.717, 1.165) is 38.6 Å². The van der Waals surface area contributed by atoms with Gasteiger partial charge in [0.05, 0.1) is 23.9 Å². The lowest BCUT2D eigenvalue weighted by molar-refractivity contribution is 0.188. The molecule has 1 aromatic heterocycles. The smallest absolute Gasteiger partial charge is 0.193 e. The van der Waals surface area contributed by atoms with Crippen molar-refractivity contribution >= 4 is 15.8 Å². The van der Waals surface area contributed by atoms with Crippen molar-refractivity contribution in [3.8, 4) is 0 Å². The Bertz CT molecular complexity index is 689. The van der Waals surface area contributed by atoms with Crippen molar-refractivity contribution in [1.82, 2.24) is 24.7 Å². The minimum atomic E-state index is -2.81. The molecule has 3 heterocycles. The van der Waals surface area contributed by atoms with E-state index in [1.807, 2.05) is 25.8 Å². The summed E-state index contributed by atoms with van der Waals surface area (Å²) in [4.78, 5) is 13.1. The first kappa shape index (κ1) is 19.2. The maximum absolute atomic E-state index is 11.5. The normalized spacial score (nSPS) is 27.5. The third-order valence-electron chi connectivity index (χ3n) is 5.49. The zero-order chi connectivity index (χ0) is 18.6. The number of piperidine rings is 1. The second kappa shape index (κ2) is 8.39. The van der Waals surface area contributed by atoms with Crippen LogP contribution in [0, 0.1) is 5.92 Å². The lowest BCUT2D eigenvalue weighted by Crippen LogP contribution is -2.51. The van der Waals surface area contributed by atoms with Crippen LogP contribution in [0.25, 0.3) is 0 Å². The molecule has 2 aliphatic heterocycles. The molecular formula is C17H30N6O2S. The standard InChI is InChI=1S/C17H30N6O2S/c1-15-3-6-22(13-16(15)23-8-4-19-14-23)17(18-2)20-5-7-21-9-11-26(24,25)12-10-21/h4,8,14-16H,3,5-7,9-13H2,1-2H3,(H,18,20). The van der Waals surface area contributed by atoms with Gasteiger partial charge in [-0.15, -0.1) is 0 Å². The average molecular weight is 383 g/mol. The summed E-state index contributed by atoms with van der Waals surface area (Å²) in [5, 5.41) is 3.45. The zero-order valence-corrected chi connectivity index (χ0v) is 16.5. The molecule has 1 aromatic rings. The van der Waals surface area contributed by atoms with Crippen LogP contribution in [0.15, 0.2) is 23.7 Å². The second-order valence-electron chi connectivity index (χ2n) is 7.26. The van der Waals surface area contributed by atoms with Gasteiger partial charge in [0.2, 0.25) is 0 Å². The number of nitrogens with zero attached hydrogens (tertiary/aromatic N) is 5. The van der Waals surface area contributed by atoms with Crippen LogP contribution in [-0.2, 0) is 9.84 Å². The SMILES string of the molecule is CN=C(NCCN1CCS(=O)(=O)CC1)N1CCC(C)C(n2ccnc2)C1. The molecule has 2 unspecified atom stereocenters. The van der Waals surface area contributed by atoms with E-state index < -0.39 is 9.84 Å². The number of hydrogen-bond acceptors (Lipinski definition) is 5. The monoisotopic (exact) mass is 382 g/mol. The number of imidazole rings is 1. The van der Waals surface area contributed by atoms with Gasteiger partial charge >= 0.3 is 0 Å². The summed E-state index contributed by atoms with van der Waals surface area (Å²) in [5.41, 5.74) is 0. The molecule has 2 fully saturated rings. The summed E-state index contributed by atoms with van der Waals surface area (Å²) in [6, 6.07) is 0.400. The largest absolute Gasteiger partial charge is 0.355 e. The molecule has 0 spiro atoms. The van der Waals surface area contributed by atoms with Crippen molar-refractivity contribution < 1.29 is 8.42 Å². The highest BCUT2D eigenvalue weighted by Crippen LogP contribution is 2.27. The number of guanidine groups is 1. The maximum atomic E-state index is 11.5. The predicted octanol–water partition coefficient (Wildman–Crippen LogP) is 0.0718. The Morgan fingerprint density at radius 2 is 2.08 bits per heavy atom. The fraction of sp³-hybridized carbons (Fsp3) is 0.765. The highest BCUT2D eigenvalue weighted by Gasteiger charge is 2.29. The van der Waals surface area contributed by atoms with Crippen molar-refractivity contribution in [2.45, 2.75) is 19.4 Å². The summed E-state index contributed by atoms with van der Waals surface area (Å²) in [6.45, 7) is 7.08. The number of nitrogens with one attached hydrogen (secondary N) is 1. The third-order valence-corrected chi connectivity index (χ3v) is 7.10. The highest BCUT2D eigenvalue weighted by atomic mass is 32.2. The number of likely N-dealkylation sites (tertiary alicyclic amines) is 1. The van der Waals surface area contributed by atoms with Gasteiger partial charge < -0.3 is 14.8 Å². The van der Waals surface area contributed by atoms with Gasteiger partial charge in [-0.1, -0.05) is 6.92 Å². The third kappa shape index (κ3) is 4.76. The molecule has 1 N–H and O–H groups in total. The molecule has 9 heteroatoms. The van der Waals surface area contributed by atoms with E-state index in [-0.39, 0.29) is 11.5 Å². The lowest BCUT2D eigenvalue weighted by Gasteiger charge is -2.39. The minimum Gasteiger partial charge on any atom is -0.355 e. The predicted molar refractivity (Wildman–Crippen MR) is 103 cm³/mol. The van der Waals surface area contributed by atoms with Crippen LogP contribution in [0.1, 0.15) is 19.4 Å². The summed E-state index contributed by atoms with van der Waals surface area (Å²) in [7, 11) is -0.994. The molecule has 146 valence electrons. The molecular weight excluding hydrogens is 352 g/mol. The van der Waals surface area contributed by atoms with Gasteiger partial charge in [0.25, 0.3) is 0 Å². The van der Waals surface area contributed by atoms with Gasteiger partial charge in [0.15, 0.2) is 15.8 Å². The Labute approximate surface area is 156 Å². The Morgan fingerprint density at radius 1 is 1.31 bits per heavy atom. The molecule has 0 aliphatic carbocycles. The van der Waals surface area contributed by atoms with Crippen molar-refractivity contribution in [1.29, 1.82) is 0 Å². The molecule has 2 atom stereocenters. The molecule has 0 saturated carbocycles. The van der Waals surface area contributed by atoms with Crippen LogP contribution in [0.3, 0.4) is 0 Å². The number of sulfone groups is 1. The zero-order valence-electron chi connectivity index (χ0n) is 15.7. The molecule has 26 heavy (non-hydrogen) atoms. The molecule has 0 amide bonds. The average Bonchev–Trinajstić information content (AvgIpc) is 3.15. The number of aliphatic imine (C=N–C) groups is 1. The summed E-state index contributed by atoms with van der Waals surface area (Å²) in [5.74, 6) is 2.08. The summed E-state index contributed by atoms with van der Waals surface area (Å²) in [6.07, 6.45) is 6.88. The first-order chi connectivity index (χ1) is 12.5. The van der Waals surface area contributed by atoms with Crippen LogP contribution in [-0.4, -0.2) is 91.6 Å². The van der Waals surface area contributed by atoms with Gasteiger partial charge in [-0.3, -0.25) is 9.89 Å². The van der Waals surface area contributed by atoms with Crippen LogP contribution in [0.5, 0.6) is 0 Å². The van der Waals surface area contributed by atoms with Gasteiger partial charge in [0.1, 0.15) is 0 Å². The Kier molecular flexibility index (Phi) is 6.18. The van der Waals surface area contributed by atoms with Gasteiger partial charge in [-0.05, 0) is 12.3 Å². The van der Waals surface area contributed by atoms with Crippen LogP contribution in [0.2, 0.25) is 0 Å². The number of rotatable bonds is 4. The fourth-order valence-electron chi connectivity index (χ4n) is 3.73. The van der Waals surface area contributed by atoms with Crippen molar-refractivity contribution in [3.05, 3.63) is 18.7 Å². The van der Waals surface area contributed by atoms with Crippen LogP contribution in [0.4, 0.5) is 0 Å². The Balaban J connectivity index is 1.49. The molecule has 2 saturated heterocycles. The van der Waals surface area contributed by atoms with E-state index in [1.165, 1.54) is 0 Å². The van der Waals surface area contributed by atoms with E-state index >= 15 is 0 Å². The van der Waals surface area contributed by atoms with Crippen LogP contribution < -0.4 is 5.32 Å². The molecule has 2 aliphatic rings. The van der Waals surface area contributed by atoms with E-state index in [0.29, 0.717) is 25.0 Å². The fourth-order valence-corrected chi connectivity index (χ4v) is 5.00. The van der Waals surface area contributed by atoms with Crippen molar-refractivity contribution in [2.75, 3.05) is 57.8 Å². The van der Waals surface area contributed by atoms with E-state index in [1.54, 1.807) is 0 Å². The van der Waals surface area contributed by atoms with Gasteiger partial charge in [-0.25, -0.2) is 13.4 Å². The van der Waals surface area contributed by atoms with E-state index in [9.17, 15) is 8.42 Å². The number of hydrogen-bond donors (Lipinski definition) is 1. The van der Waals surface area contributed by atoms with E-state index in [4.69, 9.17) is 0 Å². The molecule has 8 nitrogen and oxygen atoms in total. The quantitative estimate of drug-likeness (QED) is 0.586. The first-order valence-electron chi connectivity index (χ1n) is 9.34. The van der Waals surface area contributed by atoms with Gasteiger partial charge in [0, 0.05) is 58.7 Å². The van der Waals surface area contributed by atoms with Crippen molar-refractivity contribution in [2.24, 2.45) is 10.9 Å². The molecule has 0 radical (unpaired) electrons. The van der Waals surface area contributed by atoms with Gasteiger partial charge in [-0.2, -0.15) is 0 Å². The van der Waals surface area contributed by atoms with E-state index in [2.05, 4.69) is 36.6 Å². The molecule has 3 rings (SSSR count). The maximum Gasteiger partial charge on any atom is 0.193 e. The minimum absolute atomic E-state index is 0.276. The summed E-state index contributed by atoms with van der Waals surface area (Å²) >= 11 is 0. The molecule has 0 bridgehead atoms. The topological polar surface area (TPSA) is 82.8 Å².